The molecule has 0 fully saturated rings. The van der Waals surface area contributed by atoms with Gasteiger partial charge in [-0.05, 0) is 37.5 Å². The Labute approximate surface area is 80.2 Å². The summed E-state index contributed by atoms with van der Waals surface area (Å²) in [5.74, 6) is 1.10. The summed E-state index contributed by atoms with van der Waals surface area (Å²) in [6.45, 7) is 2.21. The molecule has 0 heterocycles. The maximum absolute atomic E-state index is 10.6. The summed E-state index contributed by atoms with van der Waals surface area (Å²) in [7, 11) is 0. The number of nitrogens with two attached hydrogens (primary N) is 1. The molecule has 1 amide bonds. The molecule has 2 atom stereocenters. The van der Waals surface area contributed by atoms with Crippen molar-refractivity contribution in [2.24, 2.45) is 17.6 Å². The summed E-state index contributed by atoms with van der Waals surface area (Å²) in [6, 6.07) is 0. The van der Waals surface area contributed by atoms with Gasteiger partial charge in [0.05, 0.1) is 0 Å². The fourth-order valence-corrected chi connectivity index (χ4v) is 1.90. The number of carbonyl (C=O) groups excluding carboxylic acids is 1. The Bertz CT molecular complexity index is 198. The highest BCUT2D eigenvalue weighted by Gasteiger charge is 2.16. The molecule has 0 aromatic carbocycles. The molecular formula is C11H19NO. The first-order chi connectivity index (χ1) is 6.20. The minimum Gasteiger partial charge on any atom is -0.370 e. The van der Waals surface area contributed by atoms with Crippen LogP contribution in [0.25, 0.3) is 0 Å². The van der Waals surface area contributed by atoms with Crippen molar-refractivity contribution in [3.05, 3.63) is 12.2 Å². The Morgan fingerprint density at radius 1 is 1.69 bits per heavy atom. The number of primary amides is 1. The van der Waals surface area contributed by atoms with Crippen LogP contribution in [0, 0.1) is 11.8 Å². The molecule has 0 aliphatic heterocycles. The summed E-state index contributed by atoms with van der Waals surface area (Å²) < 4.78 is 0. The predicted octanol–water partition coefficient (Wildman–Crippen LogP) is 2.24. The van der Waals surface area contributed by atoms with E-state index in [1.165, 1.54) is 19.3 Å². The Hall–Kier alpha value is -0.790. The van der Waals surface area contributed by atoms with Gasteiger partial charge in [0.2, 0.25) is 5.91 Å². The lowest BCUT2D eigenvalue weighted by Gasteiger charge is -2.22. The number of allylic oxidation sites excluding steroid dienone is 2. The molecule has 2 N–H and O–H groups in total. The number of amides is 1. The highest BCUT2D eigenvalue weighted by Crippen LogP contribution is 2.27. The van der Waals surface area contributed by atoms with Crippen LogP contribution in [0.1, 0.15) is 39.0 Å². The molecule has 2 unspecified atom stereocenters. The lowest BCUT2D eigenvalue weighted by Crippen LogP contribution is -2.16. The monoisotopic (exact) mass is 181 g/mol. The molecule has 1 rings (SSSR count). The molecule has 0 saturated heterocycles. The van der Waals surface area contributed by atoms with Crippen molar-refractivity contribution < 1.29 is 4.79 Å². The number of rotatable bonds is 4. The molecule has 13 heavy (non-hydrogen) atoms. The third-order valence-corrected chi connectivity index (χ3v) is 2.87. The van der Waals surface area contributed by atoms with Gasteiger partial charge in [0.1, 0.15) is 0 Å². The van der Waals surface area contributed by atoms with Gasteiger partial charge in [-0.3, -0.25) is 4.79 Å². The van der Waals surface area contributed by atoms with Crippen LogP contribution in [0.4, 0.5) is 0 Å². The van der Waals surface area contributed by atoms with Gasteiger partial charge < -0.3 is 5.73 Å². The second kappa shape index (κ2) is 5.05. The first-order valence-electron chi connectivity index (χ1n) is 5.15. The van der Waals surface area contributed by atoms with Crippen molar-refractivity contribution in [3.8, 4) is 0 Å². The lowest BCUT2D eigenvalue weighted by atomic mass is 9.83. The molecular weight excluding hydrogens is 162 g/mol. The molecule has 0 radical (unpaired) electrons. The zero-order valence-electron chi connectivity index (χ0n) is 8.33. The maximum atomic E-state index is 10.6. The number of carbonyl (C=O) groups is 1. The van der Waals surface area contributed by atoms with Crippen LogP contribution in [0.15, 0.2) is 12.2 Å². The third kappa shape index (κ3) is 3.62. The summed E-state index contributed by atoms with van der Waals surface area (Å²) in [6.07, 6.45) is 9.82. The quantitative estimate of drug-likeness (QED) is 0.664. The largest absolute Gasteiger partial charge is 0.370 e. The van der Waals surface area contributed by atoms with Gasteiger partial charge in [0.15, 0.2) is 0 Å². The van der Waals surface area contributed by atoms with Gasteiger partial charge in [-0.15, -0.1) is 0 Å². The van der Waals surface area contributed by atoms with Gasteiger partial charge in [-0.1, -0.05) is 19.1 Å². The van der Waals surface area contributed by atoms with Gasteiger partial charge in [-0.2, -0.15) is 0 Å². The van der Waals surface area contributed by atoms with Crippen molar-refractivity contribution in [1.29, 1.82) is 0 Å². The summed E-state index contributed by atoms with van der Waals surface area (Å²) in [4.78, 5) is 10.6. The van der Waals surface area contributed by atoms with Crippen molar-refractivity contribution >= 4 is 5.91 Å². The van der Waals surface area contributed by atoms with Crippen LogP contribution in [0.2, 0.25) is 0 Å². The van der Waals surface area contributed by atoms with E-state index in [1.54, 1.807) is 0 Å². The average molecular weight is 181 g/mol. The van der Waals surface area contributed by atoms with Crippen molar-refractivity contribution in [2.45, 2.75) is 39.0 Å². The molecule has 2 nitrogen and oxygen atoms in total. The Morgan fingerprint density at radius 3 is 3.00 bits per heavy atom. The third-order valence-electron chi connectivity index (χ3n) is 2.87. The molecule has 0 spiro atoms. The highest BCUT2D eigenvalue weighted by atomic mass is 16.1. The Kier molecular flexibility index (Phi) is 4.00. The molecule has 2 heteroatoms. The van der Waals surface area contributed by atoms with E-state index in [2.05, 4.69) is 19.1 Å². The van der Waals surface area contributed by atoms with Gasteiger partial charge >= 0.3 is 0 Å². The highest BCUT2D eigenvalue weighted by molar-refractivity contribution is 5.73. The summed E-state index contributed by atoms with van der Waals surface area (Å²) in [5, 5.41) is 0. The van der Waals surface area contributed by atoms with E-state index in [9.17, 15) is 4.79 Å². The van der Waals surface area contributed by atoms with E-state index in [0.29, 0.717) is 18.3 Å². The molecule has 74 valence electrons. The predicted molar refractivity (Wildman–Crippen MR) is 54.1 cm³/mol. The first-order valence-corrected chi connectivity index (χ1v) is 5.15. The molecule has 0 aromatic heterocycles. The van der Waals surface area contributed by atoms with Crippen LogP contribution in [-0.4, -0.2) is 5.91 Å². The van der Waals surface area contributed by atoms with E-state index < -0.39 is 0 Å². The van der Waals surface area contributed by atoms with E-state index in [0.717, 1.165) is 6.42 Å². The van der Waals surface area contributed by atoms with Crippen LogP contribution in [0.5, 0.6) is 0 Å². The minimum atomic E-state index is -0.174. The molecule has 0 bridgehead atoms. The molecule has 0 aromatic rings. The standard InChI is InChI=1S/C11H19NO/c1-9(7-8-11(12)13)10-5-3-2-4-6-10/h3,5,9-10H,2,4,6-8H2,1H3,(H2,12,13). The van der Waals surface area contributed by atoms with Crippen molar-refractivity contribution in [1.82, 2.24) is 0 Å². The van der Waals surface area contributed by atoms with Crippen molar-refractivity contribution in [3.63, 3.8) is 0 Å². The maximum Gasteiger partial charge on any atom is 0.217 e. The fourth-order valence-electron chi connectivity index (χ4n) is 1.90. The van der Waals surface area contributed by atoms with Gasteiger partial charge in [0.25, 0.3) is 0 Å². The first kappa shape index (κ1) is 10.3. The number of hydrogen-bond donors (Lipinski definition) is 1. The van der Waals surface area contributed by atoms with E-state index >= 15 is 0 Å². The zero-order chi connectivity index (χ0) is 9.68. The summed E-state index contributed by atoms with van der Waals surface area (Å²) >= 11 is 0. The molecule has 1 aliphatic rings. The van der Waals surface area contributed by atoms with Crippen LogP contribution in [0.3, 0.4) is 0 Å². The van der Waals surface area contributed by atoms with Crippen LogP contribution >= 0.6 is 0 Å². The van der Waals surface area contributed by atoms with E-state index in [1.807, 2.05) is 0 Å². The SMILES string of the molecule is CC(CCC(N)=O)C1C=CCCC1. The van der Waals surface area contributed by atoms with Gasteiger partial charge in [0, 0.05) is 6.42 Å². The van der Waals surface area contributed by atoms with E-state index in [-0.39, 0.29) is 5.91 Å². The average Bonchev–Trinajstić information content (AvgIpc) is 2.15. The number of hydrogen-bond acceptors (Lipinski definition) is 1. The summed E-state index contributed by atoms with van der Waals surface area (Å²) in [5.41, 5.74) is 5.11. The van der Waals surface area contributed by atoms with Gasteiger partial charge in [-0.25, -0.2) is 0 Å². The smallest absolute Gasteiger partial charge is 0.217 e. The fraction of sp³-hybridized carbons (Fsp3) is 0.727. The van der Waals surface area contributed by atoms with Crippen LogP contribution in [-0.2, 0) is 4.79 Å². The van der Waals surface area contributed by atoms with E-state index in [4.69, 9.17) is 5.73 Å². The molecule has 1 aliphatic carbocycles. The Balaban J connectivity index is 2.29. The Morgan fingerprint density at radius 2 is 2.46 bits per heavy atom. The second-order valence-electron chi connectivity index (χ2n) is 4.01. The zero-order valence-corrected chi connectivity index (χ0v) is 8.33. The second-order valence-corrected chi connectivity index (χ2v) is 4.01. The van der Waals surface area contributed by atoms with Crippen molar-refractivity contribution in [2.75, 3.05) is 0 Å². The normalized spacial score (nSPS) is 24.2. The minimum absolute atomic E-state index is 0.174. The molecule has 0 saturated carbocycles. The topological polar surface area (TPSA) is 43.1 Å². The van der Waals surface area contributed by atoms with Crippen LogP contribution < -0.4 is 5.73 Å². The lowest BCUT2D eigenvalue weighted by molar-refractivity contribution is -0.118.